The molecular formula is C21H23N3O5S. The number of nitro groups is 1. The van der Waals surface area contributed by atoms with Crippen molar-refractivity contribution in [1.82, 2.24) is 4.31 Å². The van der Waals surface area contributed by atoms with E-state index in [0.717, 1.165) is 30.5 Å². The molecule has 2 heterocycles. The molecule has 2 aromatic carbocycles. The van der Waals surface area contributed by atoms with Gasteiger partial charge in [0, 0.05) is 37.5 Å². The van der Waals surface area contributed by atoms with Gasteiger partial charge in [-0.2, -0.15) is 4.31 Å². The molecule has 1 fully saturated rings. The van der Waals surface area contributed by atoms with Crippen LogP contribution in [0.25, 0.3) is 0 Å². The van der Waals surface area contributed by atoms with E-state index in [4.69, 9.17) is 0 Å². The fraction of sp³-hybridized carbons (Fsp3) is 0.381. The zero-order valence-corrected chi connectivity index (χ0v) is 17.3. The lowest BCUT2D eigenvalue weighted by Gasteiger charge is -2.26. The minimum Gasteiger partial charge on any atom is -0.312 e. The first-order chi connectivity index (χ1) is 14.4. The minimum absolute atomic E-state index is 0.0137. The Hall–Kier alpha value is -2.78. The number of nitrogens with zero attached hydrogens (tertiary/aromatic N) is 3. The van der Waals surface area contributed by atoms with Gasteiger partial charge < -0.3 is 4.90 Å². The number of anilines is 1. The number of rotatable bonds is 5. The van der Waals surface area contributed by atoms with Gasteiger partial charge in [-0.1, -0.05) is 18.6 Å². The van der Waals surface area contributed by atoms with Crippen molar-refractivity contribution in [3.8, 4) is 0 Å². The Morgan fingerprint density at radius 2 is 1.70 bits per heavy atom. The molecule has 9 heteroatoms. The van der Waals surface area contributed by atoms with Gasteiger partial charge in [-0.05, 0) is 48.6 Å². The van der Waals surface area contributed by atoms with Crippen LogP contribution in [0.3, 0.4) is 0 Å². The molecule has 0 aliphatic carbocycles. The molecule has 0 unspecified atom stereocenters. The van der Waals surface area contributed by atoms with E-state index in [1.165, 1.54) is 12.1 Å². The van der Waals surface area contributed by atoms with E-state index < -0.39 is 14.9 Å². The predicted molar refractivity (Wildman–Crippen MR) is 112 cm³/mol. The summed E-state index contributed by atoms with van der Waals surface area (Å²) in [6.07, 6.45) is 3.56. The molecule has 0 saturated carbocycles. The first-order valence-electron chi connectivity index (χ1n) is 10.0. The second-order valence-corrected chi connectivity index (χ2v) is 9.59. The van der Waals surface area contributed by atoms with Gasteiger partial charge in [0.15, 0.2) is 0 Å². The summed E-state index contributed by atoms with van der Waals surface area (Å²) in [6, 6.07) is 10.9. The van der Waals surface area contributed by atoms with Crippen molar-refractivity contribution in [2.24, 2.45) is 0 Å². The topological polar surface area (TPSA) is 101 Å². The molecule has 158 valence electrons. The number of sulfonamides is 1. The van der Waals surface area contributed by atoms with E-state index in [0.29, 0.717) is 31.6 Å². The summed E-state index contributed by atoms with van der Waals surface area (Å²) in [6.45, 7) is 1.60. The van der Waals surface area contributed by atoms with Gasteiger partial charge >= 0.3 is 0 Å². The predicted octanol–water partition coefficient (Wildman–Crippen LogP) is 2.90. The molecule has 4 rings (SSSR count). The Balaban J connectivity index is 1.50. The van der Waals surface area contributed by atoms with E-state index in [2.05, 4.69) is 0 Å². The summed E-state index contributed by atoms with van der Waals surface area (Å²) >= 11 is 0. The van der Waals surface area contributed by atoms with Crippen molar-refractivity contribution in [1.29, 1.82) is 0 Å². The fourth-order valence-corrected chi connectivity index (χ4v) is 5.63. The van der Waals surface area contributed by atoms with Crippen LogP contribution in [-0.2, 0) is 27.7 Å². The second-order valence-electron chi connectivity index (χ2n) is 7.65. The SMILES string of the molecule is O=C(Cc1ccc([N+](=O)[O-])cc1)N1CCc2cc(S(=O)(=O)N3CCCCC3)ccc21. The van der Waals surface area contributed by atoms with Gasteiger partial charge in [-0.3, -0.25) is 14.9 Å². The zero-order chi connectivity index (χ0) is 21.3. The van der Waals surface area contributed by atoms with Gasteiger partial charge in [-0.15, -0.1) is 0 Å². The molecule has 0 spiro atoms. The number of carbonyl (C=O) groups excluding carboxylic acids is 1. The van der Waals surface area contributed by atoms with Crippen LogP contribution in [0, 0.1) is 10.1 Å². The van der Waals surface area contributed by atoms with Gasteiger partial charge in [0.2, 0.25) is 15.9 Å². The molecule has 2 aromatic rings. The molecule has 8 nitrogen and oxygen atoms in total. The van der Waals surface area contributed by atoms with Crippen LogP contribution in [0.15, 0.2) is 47.4 Å². The van der Waals surface area contributed by atoms with Crippen molar-refractivity contribution >= 4 is 27.3 Å². The summed E-state index contributed by atoms with van der Waals surface area (Å²) in [5.74, 6) is -0.116. The van der Waals surface area contributed by atoms with Crippen LogP contribution in [0.1, 0.15) is 30.4 Å². The first kappa shape index (κ1) is 20.5. The van der Waals surface area contributed by atoms with Crippen LogP contribution in [0.2, 0.25) is 0 Å². The normalized spacial score (nSPS) is 17.0. The minimum atomic E-state index is -3.51. The van der Waals surface area contributed by atoms with Gasteiger partial charge in [0.25, 0.3) is 5.69 Å². The van der Waals surface area contributed by atoms with Crippen molar-refractivity contribution in [2.75, 3.05) is 24.5 Å². The van der Waals surface area contributed by atoms with E-state index >= 15 is 0 Å². The molecule has 2 aliphatic heterocycles. The average molecular weight is 429 g/mol. The molecular weight excluding hydrogens is 406 g/mol. The number of nitro benzene ring substituents is 1. The number of benzene rings is 2. The van der Waals surface area contributed by atoms with Crippen molar-refractivity contribution < 1.29 is 18.1 Å². The highest BCUT2D eigenvalue weighted by molar-refractivity contribution is 7.89. The molecule has 2 aliphatic rings. The summed E-state index contributed by atoms with van der Waals surface area (Å²) in [5.41, 5.74) is 2.27. The molecule has 0 radical (unpaired) electrons. The molecule has 1 amide bonds. The average Bonchev–Trinajstić information content (AvgIpc) is 3.18. The highest BCUT2D eigenvalue weighted by atomic mass is 32.2. The van der Waals surface area contributed by atoms with Crippen LogP contribution < -0.4 is 4.90 Å². The first-order valence-corrected chi connectivity index (χ1v) is 11.5. The third-order valence-electron chi connectivity index (χ3n) is 5.70. The maximum atomic E-state index is 12.9. The smallest absolute Gasteiger partial charge is 0.269 e. The number of piperidine rings is 1. The number of carbonyl (C=O) groups is 1. The molecule has 0 aromatic heterocycles. The number of hydrogen-bond acceptors (Lipinski definition) is 5. The van der Waals surface area contributed by atoms with Crippen LogP contribution in [0.5, 0.6) is 0 Å². The Morgan fingerprint density at radius 1 is 1.00 bits per heavy atom. The Labute approximate surface area is 175 Å². The van der Waals surface area contributed by atoms with Crippen molar-refractivity contribution in [3.63, 3.8) is 0 Å². The summed E-state index contributed by atoms with van der Waals surface area (Å²) in [5, 5.41) is 10.8. The number of non-ortho nitro benzene ring substituents is 1. The maximum Gasteiger partial charge on any atom is 0.269 e. The highest BCUT2D eigenvalue weighted by Gasteiger charge is 2.30. The summed E-state index contributed by atoms with van der Waals surface area (Å²) in [7, 11) is -3.51. The largest absolute Gasteiger partial charge is 0.312 e. The lowest BCUT2D eigenvalue weighted by Crippen LogP contribution is -2.35. The van der Waals surface area contributed by atoms with Crippen molar-refractivity contribution in [2.45, 2.75) is 37.0 Å². The van der Waals surface area contributed by atoms with E-state index in [9.17, 15) is 23.3 Å². The number of hydrogen-bond donors (Lipinski definition) is 0. The fourth-order valence-electron chi connectivity index (χ4n) is 4.06. The molecule has 1 saturated heterocycles. The molecule has 30 heavy (non-hydrogen) atoms. The molecule has 0 atom stereocenters. The molecule has 0 bridgehead atoms. The van der Waals surface area contributed by atoms with Crippen LogP contribution >= 0.6 is 0 Å². The third-order valence-corrected chi connectivity index (χ3v) is 7.60. The second kappa shape index (κ2) is 8.16. The lowest BCUT2D eigenvalue weighted by molar-refractivity contribution is -0.384. The quantitative estimate of drug-likeness (QED) is 0.537. The van der Waals surface area contributed by atoms with Gasteiger partial charge in [-0.25, -0.2) is 8.42 Å². The van der Waals surface area contributed by atoms with E-state index in [-0.39, 0.29) is 22.9 Å². The van der Waals surface area contributed by atoms with E-state index in [1.54, 1.807) is 39.5 Å². The monoisotopic (exact) mass is 429 g/mol. The van der Waals surface area contributed by atoms with E-state index in [1.807, 2.05) is 0 Å². The Bertz CT molecular complexity index is 1080. The lowest BCUT2D eigenvalue weighted by atomic mass is 10.1. The van der Waals surface area contributed by atoms with Gasteiger partial charge in [0.1, 0.15) is 0 Å². The molecule has 0 N–H and O–H groups in total. The zero-order valence-electron chi connectivity index (χ0n) is 16.5. The van der Waals surface area contributed by atoms with Crippen LogP contribution in [0.4, 0.5) is 11.4 Å². The number of fused-ring (bicyclic) bond motifs is 1. The highest BCUT2D eigenvalue weighted by Crippen LogP contribution is 2.32. The summed E-state index contributed by atoms with van der Waals surface area (Å²) < 4.78 is 27.4. The third kappa shape index (κ3) is 3.95. The van der Waals surface area contributed by atoms with Crippen LogP contribution in [-0.4, -0.2) is 43.2 Å². The van der Waals surface area contributed by atoms with Gasteiger partial charge in [0.05, 0.1) is 16.2 Å². The maximum absolute atomic E-state index is 12.9. The summed E-state index contributed by atoms with van der Waals surface area (Å²) in [4.78, 5) is 25.0. The standard InChI is InChI=1S/C21H23N3O5S/c25-21(14-16-4-6-18(7-5-16)24(26)27)23-13-10-17-15-19(8-9-20(17)23)30(28,29)22-11-2-1-3-12-22/h4-9,15H,1-3,10-14H2. The van der Waals surface area contributed by atoms with Crippen molar-refractivity contribution in [3.05, 3.63) is 63.7 Å². The Kier molecular flexibility index (Phi) is 5.57. The Morgan fingerprint density at radius 3 is 2.37 bits per heavy atom. The number of amides is 1.